The fourth-order valence-electron chi connectivity index (χ4n) is 2.75. The second-order valence-corrected chi connectivity index (χ2v) is 7.76. The molecule has 3 heterocycles. The Bertz CT molecular complexity index is 987. The summed E-state index contributed by atoms with van der Waals surface area (Å²) >= 11 is 1.01. The molecule has 1 aliphatic heterocycles. The number of aromatic nitrogens is 2. The molecule has 3 N–H and O–H groups in total. The van der Waals surface area contributed by atoms with E-state index in [9.17, 15) is 14.4 Å². The molecule has 0 aliphatic carbocycles. The Hall–Kier alpha value is -3.21. The molecule has 10 nitrogen and oxygen atoms in total. The Balaban J connectivity index is 1.80. The molecule has 0 aromatic carbocycles. The Kier molecular flexibility index (Phi) is 5.42. The van der Waals surface area contributed by atoms with Crippen LogP contribution in [0.25, 0.3) is 0 Å². The maximum absolute atomic E-state index is 12.8. The van der Waals surface area contributed by atoms with E-state index >= 15 is 0 Å². The molecule has 0 radical (unpaired) electrons. The number of rotatable bonds is 5. The first-order valence-electron chi connectivity index (χ1n) is 8.84. The number of aryl methyl sites for hydroxylation is 1. The van der Waals surface area contributed by atoms with Crippen LogP contribution in [0.2, 0.25) is 0 Å². The molecule has 0 bridgehead atoms. The molecule has 2 aromatic heterocycles. The molecule has 0 saturated carbocycles. The molecule has 0 fully saturated rings. The van der Waals surface area contributed by atoms with Gasteiger partial charge in [0.15, 0.2) is 22.3 Å². The molecule has 0 atom stereocenters. The van der Waals surface area contributed by atoms with Crippen LogP contribution in [0.3, 0.4) is 0 Å². The van der Waals surface area contributed by atoms with Crippen molar-refractivity contribution in [3.8, 4) is 5.75 Å². The first-order valence-corrected chi connectivity index (χ1v) is 9.66. The Morgan fingerprint density at radius 3 is 2.76 bits per heavy atom. The number of hydrogen-bond donors (Lipinski definition) is 2. The van der Waals surface area contributed by atoms with Crippen molar-refractivity contribution in [1.82, 2.24) is 9.97 Å². The Morgan fingerprint density at radius 2 is 2.07 bits per heavy atom. The molecule has 29 heavy (non-hydrogen) atoms. The number of nitrogen functional groups attached to an aromatic ring is 1. The van der Waals surface area contributed by atoms with Gasteiger partial charge in [0.2, 0.25) is 5.91 Å². The molecule has 3 rings (SSSR count). The highest BCUT2D eigenvalue weighted by Gasteiger charge is 2.42. The summed E-state index contributed by atoms with van der Waals surface area (Å²) in [5, 5.41) is 2.84. The van der Waals surface area contributed by atoms with Crippen LogP contribution in [0.1, 0.15) is 36.1 Å². The van der Waals surface area contributed by atoms with Gasteiger partial charge in [0, 0.05) is 0 Å². The van der Waals surface area contributed by atoms with Gasteiger partial charge in [-0.25, -0.2) is 14.8 Å². The fraction of sp³-hybridized carbons (Fsp3) is 0.389. The third kappa shape index (κ3) is 4.14. The maximum atomic E-state index is 12.8. The molecule has 2 aromatic rings. The van der Waals surface area contributed by atoms with Gasteiger partial charge in [-0.15, -0.1) is 0 Å². The van der Waals surface area contributed by atoms with Gasteiger partial charge in [0.25, 0.3) is 5.91 Å². The summed E-state index contributed by atoms with van der Waals surface area (Å²) in [5.41, 5.74) is 5.01. The van der Waals surface area contributed by atoms with Crippen molar-refractivity contribution in [1.29, 1.82) is 0 Å². The first-order chi connectivity index (χ1) is 13.6. The zero-order chi connectivity index (χ0) is 21.3. The van der Waals surface area contributed by atoms with Crippen molar-refractivity contribution in [2.45, 2.75) is 33.3 Å². The van der Waals surface area contributed by atoms with E-state index in [0.29, 0.717) is 16.3 Å². The number of nitrogens with two attached hydrogens (primary N) is 1. The van der Waals surface area contributed by atoms with Crippen LogP contribution in [-0.2, 0) is 14.3 Å². The van der Waals surface area contributed by atoms with Gasteiger partial charge in [-0.1, -0.05) is 11.3 Å². The van der Waals surface area contributed by atoms with E-state index < -0.39 is 23.4 Å². The largest absolute Gasteiger partial charge is 0.474 e. The number of carbonyl (C=O) groups is 3. The Labute approximate surface area is 171 Å². The third-order valence-electron chi connectivity index (χ3n) is 4.05. The molecular weight excluding hydrogens is 398 g/mol. The lowest BCUT2D eigenvalue weighted by Gasteiger charge is -2.37. The van der Waals surface area contributed by atoms with Crippen LogP contribution >= 0.6 is 11.3 Å². The number of amides is 2. The minimum absolute atomic E-state index is 0.173. The summed E-state index contributed by atoms with van der Waals surface area (Å²) in [5.74, 6) is -0.712. The van der Waals surface area contributed by atoms with Crippen molar-refractivity contribution in [2.75, 3.05) is 29.1 Å². The van der Waals surface area contributed by atoms with Crippen LogP contribution in [-0.4, -0.2) is 46.5 Å². The Morgan fingerprint density at radius 1 is 1.34 bits per heavy atom. The molecule has 1 aliphatic rings. The van der Waals surface area contributed by atoms with E-state index in [1.807, 2.05) is 0 Å². The number of nitrogens with one attached hydrogen (secondary N) is 1. The average molecular weight is 419 g/mol. The van der Waals surface area contributed by atoms with Crippen molar-refractivity contribution in [3.05, 3.63) is 22.7 Å². The van der Waals surface area contributed by atoms with E-state index in [1.54, 1.807) is 39.8 Å². The third-order valence-corrected chi connectivity index (χ3v) is 5.10. The summed E-state index contributed by atoms with van der Waals surface area (Å²) in [6.07, 6.45) is 0. The fourth-order valence-corrected chi connectivity index (χ4v) is 3.62. The topological polar surface area (TPSA) is 137 Å². The summed E-state index contributed by atoms with van der Waals surface area (Å²) in [6.45, 7) is 6.49. The van der Waals surface area contributed by atoms with Crippen LogP contribution in [0, 0.1) is 6.92 Å². The molecule has 154 valence electrons. The highest BCUT2D eigenvalue weighted by Crippen LogP contribution is 2.36. The van der Waals surface area contributed by atoms with Gasteiger partial charge in [-0.3, -0.25) is 14.5 Å². The number of carbonyl (C=O) groups excluding carboxylic acids is 3. The summed E-state index contributed by atoms with van der Waals surface area (Å²) in [6, 6.07) is 3.16. The second kappa shape index (κ2) is 7.66. The maximum Gasteiger partial charge on any atom is 0.350 e. The SMILES string of the molecule is CCOC(=O)c1sc(NC(=O)CN2C(=O)C(C)(C)Oc3ccc(N)nc32)nc1C. The van der Waals surface area contributed by atoms with Gasteiger partial charge < -0.3 is 20.5 Å². The van der Waals surface area contributed by atoms with E-state index in [-0.39, 0.29) is 29.9 Å². The van der Waals surface area contributed by atoms with E-state index in [0.717, 1.165) is 11.3 Å². The van der Waals surface area contributed by atoms with Crippen molar-refractivity contribution in [3.63, 3.8) is 0 Å². The number of nitrogens with zero attached hydrogens (tertiary/aromatic N) is 3. The number of hydrogen-bond acceptors (Lipinski definition) is 9. The highest BCUT2D eigenvalue weighted by molar-refractivity contribution is 7.17. The van der Waals surface area contributed by atoms with E-state index in [1.165, 1.54) is 4.90 Å². The summed E-state index contributed by atoms with van der Waals surface area (Å²) in [4.78, 5) is 47.1. The number of fused-ring (bicyclic) bond motifs is 1. The monoisotopic (exact) mass is 419 g/mol. The molecule has 2 amide bonds. The first kappa shape index (κ1) is 20.5. The van der Waals surface area contributed by atoms with Gasteiger partial charge >= 0.3 is 5.97 Å². The second-order valence-electron chi connectivity index (χ2n) is 6.76. The zero-order valence-corrected chi connectivity index (χ0v) is 17.3. The number of thiazole rings is 1. The predicted octanol–water partition coefficient (Wildman–Crippen LogP) is 1.75. The normalized spacial score (nSPS) is 14.8. The van der Waals surface area contributed by atoms with Crippen molar-refractivity contribution in [2.24, 2.45) is 0 Å². The lowest BCUT2D eigenvalue weighted by Crippen LogP contribution is -2.54. The van der Waals surface area contributed by atoms with Crippen LogP contribution in [0.4, 0.5) is 16.8 Å². The molecular formula is C18H21N5O5S. The lowest BCUT2D eigenvalue weighted by molar-refractivity contribution is -0.133. The van der Waals surface area contributed by atoms with Crippen molar-refractivity contribution < 1.29 is 23.9 Å². The highest BCUT2D eigenvalue weighted by atomic mass is 32.1. The van der Waals surface area contributed by atoms with E-state index in [2.05, 4.69) is 15.3 Å². The molecule has 11 heteroatoms. The minimum Gasteiger partial charge on any atom is -0.474 e. The number of anilines is 3. The number of esters is 1. The predicted molar refractivity (Wildman–Crippen MR) is 107 cm³/mol. The number of ether oxygens (including phenoxy) is 2. The smallest absolute Gasteiger partial charge is 0.350 e. The van der Waals surface area contributed by atoms with Crippen LogP contribution in [0.15, 0.2) is 12.1 Å². The van der Waals surface area contributed by atoms with Gasteiger partial charge in [-0.05, 0) is 39.8 Å². The molecule has 0 unspecified atom stereocenters. The van der Waals surface area contributed by atoms with E-state index in [4.69, 9.17) is 15.2 Å². The van der Waals surface area contributed by atoms with Gasteiger partial charge in [-0.2, -0.15) is 0 Å². The van der Waals surface area contributed by atoms with Gasteiger partial charge in [0.05, 0.1) is 12.3 Å². The van der Waals surface area contributed by atoms with Crippen LogP contribution in [0.5, 0.6) is 5.75 Å². The molecule has 0 spiro atoms. The van der Waals surface area contributed by atoms with Gasteiger partial charge in [0.1, 0.15) is 17.2 Å². The zero-order valence-electron chi connectivity index (χ0n) is 16.4. The standard InChI is InChI=1S/C18H21N5O5S/c1-5-27-15(25)13-9(2)20-17(29-13)22-12(24)8-23-14-10(6-7-11(19)21-14)28-18(3,4)16(23)26/h6-7H,5,8H2,1-4H3,(H2,19,21)(H,20,22,24). The minimum atomic E-state index is -1.17. The van der Waals surface area contributed by atoms with Crippen molar-refractivity contribution >= 4 is 45.9 Å². The quantitative estimate of drug-likeness (QED) is 0.699. The number of pyridine rings is 1. The molecule has 0 saturated heterocycles. The lowest BCUT2D eigenvalue weighted by atomic mass is 10.1. The summed E-state index contributed by atoms with van der Waals surface area (Å²) < 4.78 is 10.7. The van der Waals surface area contributed by atoms with Crippen LogP contribution < -0.4 is 20.7 Å². The average Bonchev–Trinajstić information content (AvgIpc) is 3.00. The summed E-state index contributed by atoms with van der Waals surface area (Å²) in [7, 11) is 0.